The number of carboxylic acid groups (broad SMARTS) is 1. The smallest absolute Gasteiger partial charge is 0.344 e. The van der Waals surface area contributed by atoms with E-state index in [1.54, 1.807) is 0 Å². The maximum absolute atomic E-state index is 10.8. The summed E-state index contributed by atoms with van der Waals surface area (Å²) in [5.74, 6) is -1.58. The molecule has 1 atom stereocenters. The molecule has 0 saturated carbocycles. The molecule has 0 fully saturated rings. The summed E-state index contributed by atoms with van der Waals surface area (Å²) in [5, 5.41) is 30.1. The van der Waals surface area contributed by atoms with Crippen molar-refractivity contribution in [1.82, 2.24) is 0 Å². The first-order chi connectivity index (χ1) is 8.86. The molecule has 9 nitrogen and oxygen atoms in total. The average molecular weight is 270 g/mol. The monoisotopic (exact) mass is 270 g/mol. The van der Waals surface area contributed by atoms with Gasteiger partial charge in [0.15, 0.2) is 11.9 Å². The number of nitro benzene ring substituents is 2. The Morgan fingerprint density at radius 1 is 1.37 bits per heavy atom. The second-order valence-electron chi connectivity index (χ2n) is 3.52. The van der Waals surface area contributed by atoms with Crippen molar-refractivity contribution in [3.8, 4) is 5.75 Å². The van der Waals surface area contributed by atoms with Crippen LogP contribution in [0.5, 0.6) is 5.75 Å². The van der Waals surface area contributed by atoms with Crippen molar-refractivity contribution >= 4 is 17.3 Å². The van der Waals surface area contributed by atoms with Gasteiger partial charge in [0.25, 0.3) is 5.69 Å². The lowest BCUT2D eigenvalue weighted by Crippen LogP contribution is -2.26. The summed E-state index contributed by atoms with van der Waals surface area (Å²) in [6.45, 7) is 1.54. The highest BCUT2D eigenvalue weighted by molar-refractivity contribution is 5.73. The number of hydrogen-bond donors (Lipinski definition) is 1. The number of carbonyl (C=O) groups is 1. The maximum Gasteiger partial charge on any atom is 0.344 e. The van der Waals surface area contributed by atoms with Crippen molar-refractivity contribution in [2.45, 2.75) is 19.4 Å². The van der Waals surface area contributed by atoms with E-state index in [1.165, 1.54) is 6.92 Å². The van der Waals surface area contributed by atoms with Crippen molar-refractivity contribution in [3.05, 3.63) is 38.4 Å². The van der Waals surface area contributed by atoms with E-state index < -0.39 is 33.3 Å². The fourth-order valence-electron chi connectivity index (χ4n) is 1.32. The van der Waals surface area contributed by atoms with E-state index in [1.807, 2.05) is 0 Å². The lowest BCUT2D eigenvalue weighted by atomic mass is 10.2. The Kier molecular flexibility index (Phi) is 4.35. The Hall–Kier alpha value is -2.71. The van der Waals surface area contributed by atoms with Crippen molar-refractivity contribution in [1.29, 1.82) is 0 Å². The minimum Gasteiger partial charge on any atom is -0.479 e. The quantitative estimate of drug-likeness (QED) is 0.614. The highest BCUT2D eigenvalue weighted by atomic mass is 16.6. The Bertz CT molecular complexity index is 529. The van der Waals surface area contributed by atoms with Gasteiger partial charge in [0.1, 0.15) is 0 Å². The molecule has 1 aromatic carbocycles. The number of non-ortho nitro benzene ring substituents is 1. The number of carboxylic acids is 1. The molecule has 0 aromatic heterocycles. The summed E-state index contributed by atoms with van der Waals surface area (Å²) in [7, 11) is 0. The van der Waals surface area contributed by atoms with E-state index in [0.29, 0.717) is 0 Å². The van der Waals surface area contributed by atoms with Crippen LogP contribution in [0, 0.1) is 20.2 Å². The van der Waals surface area contributed by atoms with Gasteiger partial charge in [-0.3, -0.25) is 20.2 Å². The Morgan fingerprint density at radius 3 is 2.42 bits per heavy atom. The van der Waals surface area contributed by atoms with Gasteiger partial charge in [0.2, 0.25) is 0 Å². The molecule has 0 aliphatic carbocycles. The van der Waals surface area contributed by atoms with E-state index in [2.05, 4.69) is 0 Å². The average Bonchev–Trinajstić information content (AvgIpc) is 2.35. The summed E-state index contributed by atoms with van der Waals surface area (Å²) < 4.78 is 4.99. The molecule has 1 N–H and O–H groups in total. The molecular weight excluding hydrogens is 260 g/mol. The van der Waals surface area contributed by atoms with Crippen molar-refractivity contribution in [3.63, 3.8) is 0 Å². The molecule has 0 amide bonds. The van der Waals surface area contributed by atoms with Crippen LogP contribution in [-0.4, -0.2) is 27.0 Å². The van der Waals surface area contributed by atoms with Gasteiger partial charge in [-0.15, -0.1) is 0 Å². The second-order valence-corrected chi connectivity index (χ2v) is 3.52. The SMILES string of the molecule is CCC(Oc1ccc([N+](=O)[O-])cc1[N+](=O)[O-])C(=O)O. The van der Waals surface area contributed by atoms with E-state index in [9.17, 15) is 25.0 Å². The van der Waals surface area contributed by atoms with Crippen LogP contribution in [-0.2, 0) is 4.79 Å². The third-order valence-corrected chi connectivity index (χ3v) is 2.27. The number of aliphatic carboxylic acids is 1. The van der Waals surface area contributed by atoms with Crippen LogP contribution in [0.4, 0.5) is 11.4 Å². The first-order valence-corrected chi connectivity index (χ1v) is 5.19. The Labute approximate surface area is 106 Å². The van der Waals surface area contributed by atoms with Gasteiger partial charge < -0.3 is 9.84 Å². The minimum atomic E-state index is -1.27. The number of hydrogen-bond acceptors (Lipinski definition) is 6. The zero-order chi connectivity index (χ0) is 14.6. The minimum absolute atomic E-state index is 0.101. The molecule has 1 unspecified atom stereocenters. The summed E-state index contributed by atoms with van der Waals surface area (Å²) in [4.78, 5) is 30.5. The summed E-state index contributed by atoms with van der Waals surface area (Å²) in [6, 6.07) is 2.75. The van der Waals surface area contributed by atoms with Crippen LogP contribution in [0.2, 0.25) is 0 Å². The summed E-state index contributed by atoms with van der Waals surface area (Å²) >= 11 is 0. The predicted molar refractivity (Wildman–Crippen MR) is 62.1 cm³/mol. The standard InChI is InChI=1S/C10H10N2O7/c1-2-8(10(13)14)19-9-4-3-6(11(15)16)5-7(9)12(17)18/h3-5,8H,2H2,1H3,(H,13,14). The number of nitro groups is 2. The van der Waals surface area contributed by atoms with Crippen LogP contribution in [0.3, 0.4) is 0 Å². The molecule has 9 heteroatoms. The molecule has 19 heavy (non-hydrogen) atoms. The predicted octanol–water partition coefficient (Wildman–Crippen LogP) is 1.74. The molecule has 0 aliphatic heterocycles. The molecule has 0 aliphatic rings. The van der Waals surface area contributed by atoms with E-state index in [4.69, 9.17) is 9.84 Å². The first kappa shape index (κ1) is 14.4. The van der Waals surface area contributed by atoms with Crippen LogP contribution >= 0.6 is 0 Å². The molecule has 0 heterocycles. The van der Waals surface area contributed by atoms with Crippen LogP contribution in [0.15, 0.2) is 18.2 Å². The third-order valence-electron chi connectivity index (χ3n) is 2.27. The van der Waals surface area contributed by atoms with Gasteiger partial charge in [0, 0.05) is 6.07 Å². The lowest BCUT2D eigenvalue weighted by molar-refractivity contribution is -0.394. The van der Waals surface area contributed by atoms with Crippen LogP contribution in [0.25, 0.3) is 0 Å². The van der Waals surface area contributed by atoms with Gasteiger partial charge in [0.05, 0.1) is 15.9 Å². The molecule has 102 valence electrons. The highest BCUT2D eigenvalue weighted by Crippen LogP contribution is 2.31. The Balaban J connectivity index is 3.16. The molecule has 0 spiro atoms. The van der Waals surface area contributed by atoms with E-state index >= 15 is 0 Å². The fraction of sp³-hybridized carbons (Fsp3) is 0.300. The zero-order valence-corrected chi connectivity index (χ0v) is 9.81. The topological polar surface area (TPSA) is 133 Å². The van der Waals surface area contributed by atoms with Gasteiger partial charge >= 0.3 is 11.7 Å². The number of nitrogens with zero attached hydrogens (tertiary/aromatic N) is 2. The molecule has 0 bridgehead atoms. The molecule has 0 saturated heterocycles. The zero-order valence-electron chi connectivity index (χ0n) is 9.81. The number of ether oxygens (including phenoxy) is 1. The first-order valence-electron chi connectivity index (χ1n) is 5.19. The Morgan fingerprint density at radius 2 is 2.00 bits per heavy atom. The van der Waals surface area contributed by atoms with Crippen LogP contribution in [0.1, 0.15) is 13.3 Å². The molecular formula is C10H10N2O7. The summed E-state index contributed by atoms with van der Waals surface area (Å²) in [5.41, 5.74) is -1.11. The number of benzene rings is 1. The van der Waals surface area contributed by atoms with Gasteiger partial charge in [-0.1, -0.05) is 6.92 Å². The van der Waals surface area contributed by atoms with Gasteiger partial charge in [-0.05, 0) is 12.5 Å². The van der Waals surface area contributed by atoms with Gasteiger partial charge in [-0.25, -0.2) is 4.79 Å². The van der Waals surface area contributed by atoms with Crippen LogP contribution < -0.4 is 4.74 Å². The highest BCUT2D eigenvalue weighted by Gasteiger charge is 2.25. The summed E-state index contributed by atoms with van der Waals surface area (Å²) in [6.07, 6.45) is -1.15. The van der Waals surface area contributed by atoms with Crippen molar-refractivity contribution < 1.29 is 24.5 Å². The molecule has 1 rings (SSSR count). The van der Waals surface area contributed by atoms with Gasteiger partial charge in [-0.2, -0.15) is 0 Å². The maximum atomic E-state index is 10.8. The van der Waals surface area contributed by atoms with E-state index in [0.717, 1.165) is 18.2 Å². The molecule has 0 radical (unpaired) electrons. The third kappa shape index (κ3) is 3.37. The lowest BCUT2D eigenvalue weighted by Gasteiger charge is -2.12. The normalized spacial score (nSPS) is 11.6. The van der Waals surface area contributed by atoms with Crippen molar-refractivity contribution in [2.24, 2.45) is 0 Å². The largest absolute Gasteiger partial charge is 0.479 e. The molecule has 1 aromatic rings. The fourth-order valence-corrected chi connectivity index (χ4v) is 1.32. The van der Waals surface area contributed by atoms with Crippen molar-refractivity contribution in [2.75, 3.05) is 0 Å². The van der Waals surface area contributed by atoms with E-state index in [-0.39, 0.29) is 12.2 Å². The number of rotatable bonds is 6. The second kappa shape index (κ2) is 5.76.